The van der Waals surface area contributed by atoms with Crippen LogP contribution in [0.4, 0.5) is 5.69 Å². The molecule has 0 atom stereocenters. The lowest BCUT2D eigenvalue weighted by atomic mass is 10.2. The highest BCUT2D eigenvalue weighted by Crippen LogP contribution is 2.32. The van der Waals surface area contributed by atoms with Crippen molar-refractivity contribution in [3.63, 3.8) is 0 Å². The van der Waals surface area contributed by atoms with Gasteiger partial charge in [0.05, 0.1) is 0 Å². The van der Waals surface area contributed by atoms with Gasteiger partial charge in [0.15, 0.2) is 11.5 Å². The van der Waals surface area contributed by atoms with Crippen molar-refractivity contribution in [1.82, 2.24) is 0 Å². The van der Waals surface area contributed by atoms with Crippen LogP contribution in [-0.2, 0) is 4.79 Å². The number of carbonyl (C=O) groups excluding carboxylic acids is 1. The SMILES string of the molecule is O=C(C=Cc1ccc2c(c1)OCO2)Nc1ccc2oc(=O)ccc2c1. The molecule has 0 bridgehead atoms. The molecule has 4 rings (SSSR count). The van der Waals surface area contributed by atoms with Crippen molar-refractivity contribution in [3.8, 4) is 11.5 Å². The highest BCUT2D eigenvalue weighted by atomic mass is 16.7. The van der Waals surface area contributed by atoms with E-state index in [0.717, 1.165) is 10.9 Å². The van der Waals surface area contributed by atoms with Gasteiger partial charge in [0, 0.05) is 23.2 Å². The Morgan fingerprint density at radius 2 is 1.88 bits per heavy atom. The molecule has 0 fully saturated rings. The first-order valence-corrected chi connectivity index (χ1v) is 7.60. The van der Waals surface area contributed by atoms with Crippen molar-refractivity contribution in [2.45, 2.75) is 0 Å². The van der Waals surface area contributed by atoms with Crippen molar-refractivity contribution < 1.29 is 18.7 Å². The molecule has 124 valence electrons. The molecule has 6 nitrogen and oxygen atoms in total. The third kappa shape index (κ3) is 3.23. The second-order valence-corrected chi connectivity index (χ2v) is 5.44. The van der Waals surface area contributed by atoms with E-state index >= 15 is 0 Å². The van der Waals surface area contributed by atoms with Gasteiger partial charge < -0.3 is 19.2 Å². The van der Waals surface area contributed by atoms with Crippen LogP contribution in [0.15, 0.2) is 63.8 Å². The Morgan fingerprint density at radius 3 is 2.80 bits per heavy atom. The lowest BCUT2D eigenvalue weighted by molar-refractivity contribution is -0.111. The summed E-state index contributed by atoms with van der Waals surface area (Å²) in [4.78, 5) is 23.3. The second-order valence-electron chi connectivity index (χ2n) is 5.44. The molecule has 1 aliphatic heterocycles. The molecule has 0 saturated heterocycles. The Morgan fingerprint density at radius 1 is 1.00 bits per heavy atom. The summed E-state index contributed by atoms with van der Waals surface area (Å²) in [7, 11) is 0. The predicted octanol–water partition coefficient (Wildman–Crippen LogP) is 3.17. The Bertz CT molecular complexity index is 1050. The average Bonchev–Trinajstić information content (AvgIpc) is 3.08. The second kappa shape index (κ2) is 6.16. The Hall–Kier alpha value is -3.54. The van der Waals surface area contributed by atoms with Crippen molar-refractivity contribution in [1.29, 1.82) is 0 Å². The number of hydrogen-bond donors (Lipinski definition) is 1. The molecule has 0 saturated carbocycles. The maximum atomic E-state index is 12.1. The van der Waals surface area contributed by atoms with Crippen LogP contribution >= 0.6 is 0 Å². The molecule has 2 heterocycles. The van der Waals surface area contributed by atoms with E-state index in [0.29, 0.717) is 22.8 Å². The monoisotopic (exact) mass is 335 g/mol. The van der Waals surface area contributed by atoms with Crippen molar-refractivity contribution in [2.24, 2.45) is 0 Å². The van der Waals surface area contributed by atoms with Crippen molar-refractivity contribution >= 4 is 28.6 Å². The van der Waals surface area contributed by atoms with E-state index in [-0.39, 0.29) is 12.7 Å². The van der Waals surface area contributed by atoms with Crippen LogP contribution < -0.4 is 20.4 Å². The zero-order valence-corrected chi connectivity index (χ0v) is 13.0. The van der Waals surface area contributed by atoms with Crippen molar-refractivity contribution in [3.05, 3.63) is 70.6 Å². The lowest BCUT2D eigenvalue weighted by Gasteiger charge is -2.03. The summed E-state index contributed by atoms with van der Waals surface area (Å²) < 4.78 is 15.6. The summed E-state index contributed by atoms with van der Waals surface area (Å²) >= 11 is 0. The predicted molar refractivity (Wildman–Crippen MR) is 92.7 cm³/mol. The smallest absolute Gasteiger partial charge is 0.336 e. The number of hydrogen-bond acceptors (Lipinski definition) is 5. The average molecular weight is 335 g/mol. The quantitative estimate of drug-likeness (QED) is 0.587. The van der Waals surface area contributed by atoms with Gasteiger partial charge in [0.1, 0.15) is 5.58 Å². The van der Waals surface area contributed by atoms with Gasteiger partial charge in [-0.3, -0.25) is 4.79 Å². The molecule has 0 unspecified atom stereocenters. The fourth-order valence-corrected chi connectivity index (χ4v) is 2.52. The Labute approximate surface area is 142 Å². The normalized spacial score (nSPS) is 12.6. The maximum Gasteiger partial charge on any atom is 0.336 e. The van der Waals surface area contributed by atoms with Gasteiger partial charge in [-0.05, 0) is 48.0 Å². The summed E-state index contributed by atoms with van der Waals surface area (Å²) in [6.07, 6.45) is 3.13. The van der Waals surface area contributed by atoms with Crippen LogP contribution in [-0.4, -0.2) is 12.7 Å². The number of carbonyl (C=O) groups is 1. The topological polar surface area (TPSA) is 77.8 Å². The molecule has 1 amide bonds. The number of nitrogens with one attached hydrogen (secondary N) is 1. The van der Waals surface area contributed by atoms with Gasteiger partial charge in [-0.25, -0.2) is 4.79 Å². The van der Waals surface area contributed by atoms with Crippen LogP contribution in [0.3, 0.4) is 0 Å². The van der Waals surface area contributed by atoms with Gasteiger partial charge in [0.25, 0.3) is 0 Å². The fourth-order valence-electron chi connectivity index (χ4n) is 2.52. The number of fused-ring (bicyclic) bond motifs is 2. The number of rotatable bonds is 3. The molecule has 2 aromatic carbocycles. The summed E-state index contributed by atoms with van der Waals surface area (Å²) in [5.74, 6) is 1.09. The van der Waals surface area contributed by atoms with Gasteiger partial charge in [-0.15, -0.1) is 0 Å². The van der Waals surface area contributed by atoms with Crippen LogP contribution in [0.1, 0.15) is 5.56 Å². The third-order valence-corrected chi connectivity index (χ3v) is 3.71. The highest BCUT2D eigenvalue weighted by molar-refractivity contribution is 6.02. The van der Waals surface area contributed by atoms with Gasteiger partial charge in [-0.1, -0.05) is 6.07 Å². The highest BCUT2D eigenvalue weighted by Gasteiger charge is 2.12. The number of anilines is 1. The first kappa shape index (κ1) is 15.0. The molecule has 6 heteroatoms. The molecular weight excluding hydrogens is 322 g/mol. The molecular formula is C19H13NO5. The maximum absolute atomic E-state index is 12.1. The third-order valence-electron chi connectivity index (χ3n) is 3.71. The minimum Gasteiger partial charge on any atom is -0.454 e. The van der Waals surface area contributed by atoms with Gasteiger partial charge >= 0.3 is 5.63 Å². The van der Waals surface area contributed by atoms with E-state index in [1.54, 1.807) is 36.4 Å². The summed E-state index contributed by atoms with van der Waals surface area (Å²) in [5, 5.41) is 3.50. The standard InChI is InChI=1S/C19H13NO5/c21-18(7-2-12-1-5-16-17(9-12)24-11-23-16)20-14-4-6-15-13(10-14)3-8-19(22)25-15/h1-10H,11H2,(H,20,21). The number of amides is 1. The van der Waals surface area contributed by atoms with Crippen LogP contribution in [0.25, 0.3) is 17.0 Å². The van der Waals surface area contributed by atoms with Crippen molar-refractivity contribution in [2.75, 3.05) is 12.1 Å². The zero-order valence-electron chi connectivity index (χ0n) is 13.0. The van der Waals surface area contributed by atoms with E-state index in [4.69, 9.17) is 13.9 Å². The minimum atomic E-state index is -0.407. The lowest BCUT2D eigenvalue weighted by Crippen LogP contribution is -2.07. The largest absolute Gasteiger partial charge is 0.454 e. The van der Waals surface area contributed by atoms with E-state index in [9.17, 15) is 9.59 Å². The molecule has 0 radical (unpaired) electrons. The fraction of sp³-hybridized carbons (Fsp3) is 0.0526. The summed E-state index contributed by atoms with van der Waals surface area (Å²) in [5.41, 5.74) is 1.51. The molecule has 1 N–H and O–H groups in total. The first-order chi connectivity index (χ1) is 12.2. The molecule has 25 heavy (non-hydrogen) atoms. The minimum absolute atomic E-state index is 0.213. The van der Waals surface area contributed by atoms with E-state index in [1.165, 1.54) is 12.1 Å². The summed E-state index contributed by atoms with van der Waals surface area (Å²) in [6.45, 7) is 0.213. The number of ether oxygens (including phenoxy) is 2. The molecule has 0 aliphatic carbocycles. The van der Waals surface area contributed by atoms with Crippen LogP contribution in [0.5, 0.6) is 11.5 Å². The van der Waals surface area contributed by atoms with E-state index in [2.05, 4.69) is 5.32 Å². The van der Waals surface area contributed by atoms with Crippen LogP contribution in [0.2, 0.25) is 0 Å². The molecule has 0 spiro atoms. The van der Waals surface area contributed by atoms with Gasteiger partial charge in [-0.2, -0.15) is 0 Å². The zero-order chi connectivity index (χ0) is 17.2. The summed E-state index contributed by atoms with van der Waals surface area (Å²) in [6, 6.07) is 13.5. The first-order valence-electron chi connectivity index (χ1n) is 7.60. The molecule has 1 aliphatic rings. The number of benzene rings is 2. The molecule has 3 aromatic rings. The van der Waals surface area contributed by atoms with E-state index < -0.39 is 5.63 Å². The van der Waals surface area contributed by atoms with E-state index in [1.807, 2.05) is 12.1 Å². The van der Waals surface area contributed by atoms with Crippen LogP contribution in [0, 0.1) is 0 Å². The Balaban J connectivity index is 1.48. The molecule has 1 aromatic heterocycles. The van der Waals surface area contributed by atoms with Gasteiger partial charge in [0.2, 0.25) is 12.7 Å². The Kier molecular flexibility index (Phi) is 3.70.